The predicted octanol–water partition coefficient (Wildman–Crippen LogP) is 2.44. The normalized spacial score (nSPS) is 12.9. The van der Waals surface area contributed by atoms with Crippen LogP contribution >= 0.6 is 11.6 Å². The van der Waals surface area contributed by atoms with Crippen molar-refractivity contribution in [2.24, 2.45) is 0 Å². The van der Waals surface area contributed by atoms with Crippen molar-refractivity contribution in [3.05, 3.63) is 75.0 Å². The Balaban J connectivity index is 1.36. The van der Waals surface area contributed by atoms with Crippen LogP contribution in [0, 0.1) is 0 Å². The third-order valence-electron chi connectivity index (χ3n) is 4.85. The smallest absolute Gasteiger partial charge is 0.257 e. The molecule has 8 nitrogen and oxygen atoms in total. The zero-order chi connectivity index (χ0) is 22.0. The van der Waals surface area contributed by atoms with Crippen LogP contribution in [0.3, 0.4) is 0 Å². The lowest BCUT2D eigenvalue weighted by Gasteiger charge is -2.10. The number of nitrogens with one attached hydrogen (secondary N) is 4. The maximum atomic E-state index is 12.5. The second-order valence-corrected chi connectivity index (χ2v) is 7.66. The first kappa shape index (κ1) is 20.6. The molecule has 3 aromatic rings. The molecule has 1 aliphatic rings. The van der Waals surface area contributed by atoms with Gasteiger partial charge in [-0.15, -0.1) is 0 Å². The molecule has 3 amide bonds. The number of amides is 3. The second-order valence-electron chi connectivity index (χ2n) is 7.25. The van der Waals surface area contributed by atoms with Gasteiger partial charge in [-0.1, -0.05) is 23.7 Å². The number of benzene rings is 2. The summed E-state index contributed by atoms with van der Waals surface area (Å²) in [4.78, 5) is 52.0. The van der Waals surface area contributed by atoms with Crippen molar-refractivity contribution in [3.8, 4) is 0 Å². The Morgan fingerprint density at radius 2 is 1.81 bits per heavy atom. The number of aromatic amines is 1. The van der Waals surface area contributed by atoms with E-state index in [0.717, 1.165) is 12.8 Å². The Morgan fingerprint density at radius 1 is 1.03 bits per heavy atom. The molecule has 0 spiro atoms. The number of hydrogen-bond acceptors (Lipinski definition) is 4. The summed E-state index contributed by atoms with van der Waals surface area (Å²) < 4.78 is 0. The summed E-state index contributed by atoms with van der Waals surface area (Å²) in [6, 6.07) is 11.6. The van der Waals surface area contributed by atoms with Crippen LogP contribution in [0.2, 0.25) is 5.02 Å². The van der Waals surface area contributed by atoms with E-state index in [-0.39, 0.29) is 29.1 Å². The summed E-state index contributed by atoms with van der Waals surface area (Å²) in [5.74, 6) is -1.41. The van der Waals surface area contributed by atoms with Gasteiger partial charge in [0.1, 0.15) is 5.56 Å². The van der Waals surface area contributed by atoms with E-state index in [2.05, 4.69) is 20.9 Å². The molecule has 0 unspecified atom stereocenters. The van der Waals surface area contributed by atoms with Gasteiger partial charge in [-0.3, -0.25) is 19.2 Å². The Morgan fingerprint density at radius 3 is 2.55 bits per heavy atom. The van der Waals surface area contributed by atoms with E-state index in [1.165, 1.54) is 18.3 Å². The van der Waals surface area contributed by atoms with Crippen molar-refractivity contribution in [2.45, 2.75) is 18.9 Å². The fraction of sp³-hybridized carbons (Fsp3) is 0.182. The number of fused-ring (bicyclic) bond motifs is 1. The van der Waals surface area contributed by atoms with Crippen molar-refractivity contribution in [1.29, 1.82) is 0 Å². The van der Waals surface area contributed by atoms with Crippen LogP contribution in [-0.4, -0.2) is 35.3 Å². The molecular formula is C22H19ClN4O4. The number of aromatic nitrogens is 1. The minimum absolute atomic E-state index is 0.0828. The van der Waals surface area contributed by atoms with E-state index in [1.807, 2.05) is 0 Å². The highest BCUT2D eigenvalue weighted by Gasteiger charge is 2.24. The zero-order valence-corrected chi connectivity index (χ0v) is 17.1. The molecule has 1 fully saturated rings. The molecular weight excluding hydrogens is 420 g/mol. The summed E-state index contributed by atoms with van der Waals surface area (Å²) in [5, 5.41) is 8.48. The van der Waals surface area contributed by atoms with Crippen molar-refractivity contribution >= 4 is 45.9 Å². The van der Waals surface area contributed by atoms with Crippen LogP contribution in [0.1, 0.15) is 33.6 Å². The number of carbonyl (C=O) groups excluding carboxylic acids is 3. The third kappa shape index (κ3) is 4.75. The predicted molar refractivity (Wildman–Crippen MR) is 117 cm³/mol. The first-order chi connectivity index (χ1) is 14.9. The number of para-hydroxylation sites is 1. The topological polar surface area (TPSA) is 120 Å². The summed E-state index contributed by atoms with van der Waals surface area (Å²) >= 11 is 6.16. The summed E-state index contributed by atoms with van der Waals surface area (Å²) in [5.41, 5.74) is 0.832. The summed E-state index contributed by atoms with van der Waals surface area (Å²) in [6.07, 6.45) is 3.26. The number of carbonyl (C=O) groups is 3. The molecule has 0 saturated heterocycles. The van der Waals surface area contributed by atoms with Crippen molar-refractivity contribution in [1.82, 2.24) is 15.6 Å². The van der Waals surface area contributed by atoms with Gasteiger partial charge in [0.15, 0.2) is 0 Å². The van der Waals surface area contributed by atoms with Crippen LogP contribution in [0.25, 0.3) is 10.9 Å². The average molecular weight is 439 g/mol. The lowest BCUT2D eigenvalue weighted by Crippen LogP contribution is -2.35. The highest BCUT2D eigenvalue weighted by atomic mass is 35.5. The van der Waals surface area contributed by atoms with Crippen LogP contribution in [0.4, 0.5) is 5.69 Å². The molecule has 0 radical (unpaired) electrons. The van der Waals surface area contributed by atoms with Crippen LogP contribution < -0.4 is 21.4 Å². The van der Waals surface area contributed by atoms with Gasteiger partial charge in [-0.2, -0.15) is 0 Å². The Kier molecular flexibility index (Phi) is 5.73. The minimum Gasteiger partial charge on any atom is -0.360 e. The zero-order valence-electron chi connectivity index (χ0n) is 16.3. The molecule has 4 N–H and O–H groups in total. The minimum atomic E-state index is -0.660. The summed E-state index contributed by atoms with van der Waals surface area (Å²) in [7, 11) is 0. The largest absolute Gasteiger partial charge is 0.360 e. The first-order valence-electron chi connectivity index (χ1n) is 9.71. The van der Waals surface area contributed by atoms with E-state index >= 15 is 0 Å². The molecule has 1 saturated carbocycles. The lowest BCUT2D eigenvalue weighted by molar-refractivity contribution is -0.115. The van der Waals surface area contributed by atoms with Crippen molar-refractivity contribution < 1.29 is 14.4 Å². The fourth-order valence-electron chi connectivity index (χ4n) is 3.06. The van der Waals surface area contributed by atoms with Gasteiger partial charge >= 0.3 is 0 Å². The molecule has 158 valence electrons. The highest BCUT2D eigenvalue weighted by molar-refractivity contribution is 6.34. The number of hydrogen-bond donors (Lipinski definition) is 4. The molecule has 1 heterocycles. The van der Waals surface area contributed by atoms with Gasteiger partial charge in [-0.05, 0) is 43.2 Å². The van der Waals surface area contributed by atoms with Gasteiger partial charge in [0.2, 0.25) is 11.3 Å². The van der Waals surface area contributed by atoms with Crippen LogP contribution in [-0.2, 0) is 4.79 Å². The standard InChI is InChI=1S/C22H19ClN4O4/c23-17-9-13(7-8-14(17)22(31)27-12-5-6-12)26-19(28)11-25-21(30)16-10-24-18-4-2-1-3-15(18)20(16)29/h1-4,7-10,12H,5-6,11H2,(H,24,29)(H,25,30)(H,26,28)(H,27,31). The van der Waals surface area contributed by atoms with E-state index < -0.39 is 17.2 Å². The molecule has 31 heavy (non-hydrogen) atoms. The molecule has 1 aliphatic carbocycles. The Hall–Kier alpha value is -3.65. The number of rotatable bonds is 6. The maximum absolute atomic E-state index is 12.5. The van der Waals surface area contributed by atoms with Crippen molar-refractivity contribution in [2.75, 3.05) is 11.9 Å². The van der Waals surface area contributed by atoms with Gasteiger partial charge in [0.05, 0.1) is 17.1 Å². The van der Waals surface area contributed by atoms with E-state index in [9.17, 15) is 19.2 Å². The number of halogens is 1. The SMILES string of the molecule is O=C(CNC(=O)c1c[nH]c2ccccc2c1=O)Nc1ccc(C(=O)NC2CC2)c(Cl)c1. The Bertz CT molecular complexity index is 1250. The average Bonchev–Trinajstić information content (AvgIpc) is 3.56. The molecule has 0 bridgehead atoms. The van der Waals surface area contributed by atoms with Gasteiger partial charge < -0.3 is 20.9 Å². The highest BCUT2D eigenvalue weighted by Crippen LogP contribution is 2.24. The van der Waals surface area contributed by atoms with Gasteiger partial charge in [0, 0.05) is 28.8 Å². The van der Waals surface area contributed by atoms with E-state index in [1.54, 1.807) is 30.3 Å². The number of anilines is 1. The fourth-order valence-corrected chi connectivity index (χ4v) is 3.33. The molecule has 9 heteroatoms. The van der Waals surface area contributed by atoms with E-state index in [4.69, 9.17) is 11.6 Å². The molecule has 0 aliphatic heterocycles. The first-order valence-corrected chi connectivity index (χ1v) is 10.1. The number of H-pyrrole nitrogens is 1. The molecule has 1 aromatic heterocycles. The monoisotopic (exact) mass is 438 g/mol. The third-order valence-corrected chi connectivity index (χ3v) is 5.17. The van der Waals surface area contributed by atoms with Crippen LogP contribution in [0.5, 0.6) is 0 Å². The lowest BCUT2D eigenvalue weighted by atomic mass is 10.1. The molecule has 2 aromatic carbocycles. The Labute approximate surface area is 182 Å². The van der Waals surface area contributed by atoms with Crippen molar-refractivity contribution in [3.63, 3.8) is 0 Å². The maximum Gasteiger partial charge on any atom is 0.257 e. The van der Waals surface area contributed by atoms with Crippen LogP contribution in [0.15, 0.2) is 53.5 Å². The second kappa shape index (κ2) is 8.61. The molecule has 4 rings (SSSR count). The van der Waals surface area contributed by atoms with Gasteiger partial charge in [0.25, 0.3) is 11.8 Å². The number of pyridine rings is 1. The quantitative estimate of drug-likeness (QED) is 0.472. The van der Waals surface area contributed by atoms with E-state index in [0.29, 0.717) is 22.2 Å². The van der Waals surface area contributed by atoms with Gasteiger partial charge in [-0.25, -0.2) is 0 Å². The molecule has 0 atom stereocenters. The summed E-state index contributed by atoms with van der Waals surface area (Å²) in [6.45, 7) is -0.341.